The number of nitrogens with zero attached hydrogens (tertiary/aromatic N) is 2. The topological polar surface area (TPSA) is 68.6 Å². The van der Waals surface area contributed by atoms with Gasteiger partial charge in [-0.15, -0.1) is 0 Å². The lowest BCUT2D eigenvalue weighted by Crippen LogP contribution is -2.41. The second-order valence-electron chi connectivity index (χ2n) is 7.62. The minimum atomic E-state index is -0.608. The maximum atomic E-state index is 13.2. The van der Waals surface area contributed by atoms with Crippen LogP contribution in [0.4, 0.5) is 4.39 Å². The van der Waals surface area contributed by atoms with Crippen LogP contribution in [0.2, 0.25) is 0 Å². The molecular weight excluding hydrogens is 387 g/mol. The Morgan fingerprint density at radius 3 is 2.53 bits per heavy atom. The summed E-state index contributed by atoms with van der Waals surface area (Å²) in [4.78, 5) is 39.0. The van der Waals surface area contributed by atoms with Crippen molar-refractivity contribution in [2.45, 2.75) is 52.5 Å². The maximum Gasteiger partial charge on any atom is 0.329 e. The van der Waals surface area contributed by atoms with Crippen LogP contribution in [-0.4, -0.2) is 46.3 Å². The molecule has 0 saturated carbocycles. The zero-order chi connectivity index (χ0) is 21.8. The van der Waals surface area contributed by atoms with Crippen molar-refractivity contribution in [3.05, 3.63) is 53.1 Å². The van der Waals surface area contributed by atoms with Gasteiger partial charge >= 0.3 is 5.97 Å². The lowest BCUT2D eigenvalue weighted by Gasteiger charge is -2.23. The summed E-state index contributed by atoms with van der Waals surface area (Å²) in [6.45, 7) is 5.75. The van der Waals surface area contributed by atoms with E-state index in [0.717, 1.165) is 24.2 Å². The Bertz CT molecular complexity index is 949. The summed E-state index contributed by atoms with van der Waals surface area (Å²) >= 11 is 0. The molecule has 1 aromatic carbocycles. The van der Waals surface area contributed by atoms with E-state index in [4.69, 9.17) is 4.74 Å². The number of aryl methyl sites for hydroxylation is 1. The number of ketones is 1. The van der Waals surface area contributed by atoms with Crippen molar-refractivity contribution in [1.82, 2.24) is 9.47 Å². The van der Waals surface area contributed by atoms with Crippen molar-refractivity contribution in [2.24, 2.45) is 0 Å². The van der Waals surface area contributed by atoms with Crippen LogP contribution < -0.4 is 0 Å². The molecule has 1 aliphatic heterocycles. The number of amides is 1. The van der Waals surface area contributed by atoms with Gasteiger partial charge in [-0.1, -0.05) is 6.92 Å². The van der Waals surface area contributed by atoms with Crippen molar-refractivity contribution < 1.29 is 23.5 Å². The summed E-state index contributed by atoms with van der Waals surface area (Å²) in [6.07, 6.45) is 2.43. The number of likely N-dealkylation sites (tertiary alicyclic amines) is 1. The quantitative estimate of drug-likeness (QED) is 0.511. The fourth-order valence-corrected chi connectivity index (χ4v) is 4.01. The summed E-state index contributed by atoms with van der Waals surface area (Å²) in [7, 11) is 0. The monoisotopic (exact) mass is 414 g/mol. The molecule has 1 saturated heterocycles. The molecule has 1 atom stereocenters. The Kier molecular flexibility index (Phi) is 6.70. The predicted octanol–water partition coefficient (Wildman–Crippen LogP) is 3.75. The van der Waals surface area contributed by atoms with Crippen molar-refractivity contribution in [3.8, 4) is 5.69 Å². The molecule has 1 amide bonds. The summed E-state index contributed by atoms with van der Waals surface area (Å²) in [5.74, 6) is -1.22. The SMILES string of the molecule is CCCC(=O)N1CCCC1C(=O)OCC(=O)c1cc(C)n(-c2ccc(F)cc2)c1C. The lowest BCUT2D eigenvalue weighted by molar-refractivity contribution is -0.152. The van der Waals surface area contributed by atoms with Crippen molar-refractivity contribution in [2.75, 3.05) is 13.2 Å². The summed E-state index contributed by atoms with van der Waals surface area (Å²) in [5.41, 5.74) is 2.72. The van der Waals surface area contributed by atoms with E-state index in [1.807, 2.05) is 18.4 Å². The number of aromatic nitrogens is 1. The van der Waals surface area contributed by atoms with Gasteiger partial charge in [0.15, 0.2) is 6.61 Å². The maximum absolute atomic E-state index is 13.2. The van der Waals surface area contributed by atoms with Gasteiger partial charge in [-0.3, -0.25) is 9.59 Å². The van der Waals surface area contributed by atoms with E-state index in [1.54, 1.807) is 30.0 Å². The van der Waals surface area contributed by atoms with Crippen molar-refractivity contribution in [3.63, 3.8) is 0 Å². The minimum absolute atomic E-state index is 0.0499. The lowest BCUT2D eigenvalue weighted by atomic mass is 10.1. The molecular formula is C23H27FN2O4. The van der Waals surface area contributed by atoms with Gasteiger partial charge in [0, 0.05) is 35.6 Å². The third-order valence-electron chi connectivity index (χ3n) is 5.47. The Morgan fingerprint density at radius 2 is 1.87 bits per heavy atom. The Labute approximate surface area is 175 Å². The summed E-state index contributed by atoms with van der Waals surface area (Å²) in [5, 5.41) is 0. The second kappa shape index (κ2) is 9.24. The summed E-state index contributed by atoms with van der Waals surface area (Å²) < 4.78 is 20.4. The molecule has 2 heterocycles. The zero-order valence-electron chi connectivity index (χ0n) is 17.6. The molecule has 0 bridgehead atoms. The fraction of sp³-hybridized carbons (Fsp3) is 0.435. The number of carbonyl (C=O) groups excluding carboxylic acids is 3. The van der Waals surface area contributed by atoms with Crippen LogP contribution in [0, 0.1) is 19.7 Å². The fourth-order valence-electron chi connectivity index (χ4n) is 4.01. The molecule has 1 fully saturated rings. The van der Waals surface area contributed by atoms with Gasteiger partial charge in [0.1, 0.15) is 11.9 Å². The largest absolute Gasteiger partial charge is 0.456 e. The number of hydrogen-bond acceptors (Lipinski definition) is 4. The van der Waals surface area contributed by atoms with Crippen molar-refractivity contribution >= 4 is 17.7 Å². The molecule has 3 rings (SSSR count). The van der Waals surface area contributed by atoms with Gasteiger partial charge in [0.05, 0.1) is 0 Å². The molecule has 7 heteroatoms. The highest BCUT2D eigenvalue weighted by molar-refractivity contribution is 5.99. The van der Waals surface area contributed by atoms with Crippen LogP contribution in [0.3, 0.4) is 0 Å². The molecule has 0 N–H and O–H groups in total. The number of esters is 1. The number of Topliss-reactive ketones (excluding diaryl/α,β-unsaturated/α-hetero) is 1. The van der Waals surface area contributed by atoms with Crippen LogP contribution in [0.15, 0.2) is 30.3 Å². The molecule has 0 radical (unpaired) electrons. The van der Waals surface area contributed by atoms with Gasteiger partial charge in [0.2, 0.25) is 11.7 Å². The van der Waals surface area contributed by atoms with Crippen LogP contribution in [0.25, 0.3) is 5.69 Å². The van der Waals surface area contributed by atoms with Gasteiger partial charge in [-0.25, -0.2) is 9.18 Å². The second-order valence-corrected chi connectivity index (χ2v) is 7.62. The third-order valence-corrected chi connectivity index (χ3v) is 5.47. The molecule has 1 aromatic heterocycles. The van der Waals surface area contributed by atoms with Gasteiger partial charge in [-0.05, 0) is 63.4 Å². The normalized spacial score (nSPS) is 16.0. The molecule has 2 aromatic rings. The Balaban J connectivity index is 1.68. The highest BCUT2D eigenvalue weighted by Crippen LogP contribution is 2.23. The highest BCUT2D eigenvalue weighted by Gasteiger charge is 2.35. The number of ether oxygens (including phenoxy) is 1. The zero-order valence-corrected chi connectivity index (χ0v) is 17.6. The van der Waals surface area contributed by atoms with Gasteiger partial charge < -0.3 is 14.2 Å². The van der Waals surface area contributed by atoms with Crippen LogP contribution in [0.5, 0.6) is 0 Å². The molecule has 0 aliphatic carbocycles. The van der Waals surface area contributed by atoms with E-state index < -0.39 is 12.0 Å². The molecule has 0 spiro atoms. The van der Waals surface area contributed by atoms with Crippen LogP contribution >= 0.6 is 0 Å². The first-order valence-electron chi connectivity index (χ1n) is 10.3. The molecule has 6 nitrogen and oxygen atoms in total. The van der Waals surface area contributed by atoms with E-state index >= 15 is 0 Å². The third kappa shape index (κ3) is 4.45. The highest BCUT2D eigenvalue weighted by atomic mass is 19.1. The summed E-state index contributed by atoms with van der Waals surface area (Å²) in [6, 6.07) is 7.15. The number of carbonyl (C=O) groups is 3. The average Bonchev–Trinajstić information content (AvgIpc) is 3.32. The van der Waals surface area contributed by atoms with E-state index in [0.29, 0.717) is 30.6 Å². The van der Waals surface area contributed by atoms with Crippen LogP contribution in [-0.2, 0) is 14.3 Å². The van der Waals surface area contributed by atoms with E-state index in [9.17, 15) is 18.8 Å². The molecule has 1 unspecified atom stereocenters. The standard InChI is InChI=1S/C23H27FN2O4/c1-4-6-22(28)25-12-5-7-20(25)23(29)30-14-21(27)19-13-15(2)26(16(19)3)18-10-8-17(24)9-11-18/h8-11,13,20H,4-7,12,14H2,1-3H3. The van der Waals surface area contributed by atoms with Crippen molar-refractivity contribution in [1.29, 1.82) is 0 Å². The number of rotatable bonds is 7. The van der Waals surface area contributed by atoms with Gasteiger partial charge in [0.25, 0.3) is 0 Å². The Morgan fingerprint density at radius 1 is 1.17 bits per heavy atom. The molecule has 1 aliphatic rings. The number of benzene rings is 1. The van der Waals surface area contributed by atoms with E-state index in [1.165, 1.54) is 12.1 Å². The molecule has 160 valence electrons. The number of hydrogen-bond donors (Lipinski definition) is 0. The average molecular weight is 414 g/mol. The number of halogens is 1. The predicted molar refractivity (Wildman–Crippen MR) is 110 cm³/mol. The molecule has 30 heavy (non-hydrogen) atoms. The van der Waals surface area contributed by atoms with Gasteiger partial charge in [-0.2, -0.15) is 0 Å². The smallest absolute Gasteiger partial charge is 0.329 e. The Hall–Kier alpha value is -2.96. The van der Waals surface area contributed by atoms with Crippen LogP contribution in [0.1, 0.15) is 54.4 Å². The first-order chi connectivity index (χ1) is 14.3. The first-order valence-corrected chi connectivity index (χ1v) is 10.3. The van der Waals surface area contributed by atoms with E-state index in [-0.39, 0.29) is 24.1 Å². The minimum Gasteiger partial charge on any atom is -0.456 e. The van der Waals surface area contributed by atoms with E-state index in [2.05, 4.69) is 0 Å². The first kappa shape index (κ1) is 21.7.